The molecule has 0 saturated carbocycles. The Hall–Kier alpha value is -1.71. The number of benzene rings is 1. The summed E-state index contributed by atoms with van der Waals surface area (Å²) in [5.74, 6) is 2.10. The Morgan fingerprint density at radius 3 is 2.44 bits per heavy atom. The summed E-state index contributed by atoms with van der Waals surface area (Å²) in [5.41, 5.74) is 1.01. The second kappa shape index (κ2) is 14.4. The third-order valence-corrected chi connectivity index (χ3v) is 3.88. The van der Waals surface area contributed by atoms with Crippen molar-refractivity contribution in [3.63, 3.8) is 0 Å². The number of carbonyl (C=O) groups is 1. The Morgan fingerprint density at radius 1 is 1.15 bits per heavy atom. The van der Waals surface area contributed by atoms with Crippen LogP contribution in [0.2, 0.25) is 0 Å². The van der Waals surface area contributed by atoms with Crippen molar-refractivity contribution in [3.8, 4) is 11.5 Å². The predicted octanol–water partition coefficient (Wildman–Crippen LogP) is 2.68. The summed E-state index contributed by atoms with van der Waals surface area (Å²) in [7, 11) is 3.22. The first kappa shape index (κ1) is 25.3. The van der Waals surface area contributed by atoms with Crippen molar-refractivity contribution in [2.24, 2.45) is 4.99 Å². The summed E-state index contributed by atoms with van der Waals surface area (Å²) in [5, 5.41) is 9.32. The number of guanidine groups is 1. The molecule has 1 atom stereocenters. The third kappa shape index (κ3) is 9.69. The number of aliphatic imine (C=N–C) groups is 1. The van der Waals surface area contributed by atoms with Gasteiger partial charge >= 0.3 is 0 Å². The van der Waals surface area contributed by atoms with E-state index in [0.29, 0.717) is 37.0 Å². The molecule has 0 radical (unpaired) electrons. The first-order chi connectivity index (χ1) is 12.5. The Morgan fingerprint density at radius 2 is 1.85 bits per heavy atom. The lowest BCUT2D eigenvalue weighted by Gasteiger charge is -2.14. The lowest BCUT2D eigenvalue weighted by molar-refractivity contribution is -0.121. The van der Waals surface area contributed by atoms with Crippen LogP contribution in [0.3, 0.4) is 0 Å². The van der Waals surface area contributed by atoms with Crippen LogP contribution in [0.1, 0.15) is 39.2 Å². The zero-order valence-electron chi connectivity index (χ0n) is 16.9. The number of amides is 1. The van der Waals surface area contributed by atoms with Crippen LogP contribution in [0.25, 0.3) is 0 Å². The molecule has 0 heterocycles. The first-order valence-electron chi connectivity index (χ1n) is 9.06. The monoisotopic (exact) mass is 492 g/mol. The average Bonchev–Trinajstić information content (AvgIpc) is 2.65. The minimum absolute atomic E-state index is 0. The number of halogens is 1. The van der Waals surface area contributed by atoms with Gasteiger partial charge in [-0.3, -0.25) is 4.79 Å². The fourth-order valence-electron chi connectivity index (χ4n) is 2.23. The molecule has 0 aromatic heterocycles. The molecule has 3 N–H and O–H groups in total. The second-order valence-electron chi connectivity index (χ2n) is 5.94. The number of rotatable bonds is 10. The summed E-state index contributed by atoms with van der Waals surface area (Å²) >= 11 is 0. The van der Waals surface area contributed by atoms with Crippen molar-refractivity contribution in [1.29, 1.82) is 0 Å². The van der Waals surface area contributed by atoms with Crippen LogP contribution in [-0.4, -0.2) is 45.2 Å². The Kier molecular flexibility index (Phi) is 13.5. The smallest absolute Gasteiger partial charge is 0.221 e. The molecular formula is C19H33IN4O3. The highest BCUT2D eigenvalue weighted by Gasteiger charge is 2.07. The average molecular weight is 492 g/mol. The van der Waals surface area contributed by atoms with E-state index in [9.17, 15) is 4.79 Å². The maximum absolute atomic E-state index is 11.8. The van der Waals surface area contributed by atoms with Gasteiger partial charge in [0.2, 0.25) is 5.91 Å². The van der Waals surface area contributed by atoms with Crippen molar-refractivity contribution >= 4 is 35.8 Å². The van der Waals surface area contributed by atoms with Crippen LogP contribution in [0.15, 0.2) is 23.2 Å². The topological polar surface area (TPSA) is 84.0 Å². The number of carbonyl (C=O) groups excluding carboxylic acids is 1. The number of methoxy groups -OCH3 is 2. The van der Waals surface area contributed by atoms with Crippen molar-refractivity contribution in [3.05, 3.63) is 23.8 Å². The van der Waals surface area contributed by atoms with E-state index in [4.69, 9.17) is 9.47 Å². The van der Waals surface area contributed by atoms with E-state index in [0.717, 1.165) is 18.5 Å². The predicted molar refractivity (Wildman–Crippen MR) is 120 cm³/mol. The highest BCUT2D eigenvalue weighted by Crippen LogP contribution is 2.27. The molecule has 1 aromatic carbocycles. The molecule has 0 aliphatic heterocycles. The first-order valence-corrected chi connectivity index (χ1v) is 9.06. The number of hydrogen-bond donors (Lipinski definition) is 3. The highest BCUT2D eigenvalue weighted by atomic mass is 127. The summed E-state index contributed by atoms with van der Waals surface area (Å²) in [6.45, 7) is 7.82. The van der Waals surface area contributed by atoms with Gasteiger partial charge in [0, 0.05) is 25.6 Å². The molecule has 0 saturated heterocycles. The maximum Gasteiger partial charge on any atom is 0.221 e. The van der Waals surface area contributed by atoms with Crippen LogP contribution in [-0.2, 0) is 11.3 Å². The van der Waals surface area contributed by atoms with E-state index in [2.05, 4.69) is 20.9 Å². The third-order valence-electron chi connectivity index (χ3n) is 3.88. The van der Waals surface area contributed by atoms with Gasteiger partial charge in [-0.2, -0.15) is 0 Å². The molecule has 8 heteroatoms. The number of hydrogen-bond acceptors (Lipinski definition) is 4. The van der Waals surface area contributed by atoms with Gasteiger partial charge in [0.1, 0.15) is 0 Å². The summed E-state index contributed by atoms with van der Waals surface area (Å²) < 4.78 is 10.6. The van der Waals surface area contributed by atoms with Crippen LogP contribution >= 0.6 is 24.0 Å². The van der Waals surface area contributed by atoms with E-state index >= 15 is 0 Å². The van der Waals surface area contributed by atoms with Crippen molar-refractivity contribution in [2.45, 2.75) is 46.2 Å². The Balaban J connectivity index is 0.00000676. The van der Waals surface area contributed by atoms with Gasteiger partial charge in [0.15, 0.2) is 17.5 Å². The maximum atomic E-state index is 11.8. The second-order valence-corrected chi connectivity index (χ2v) is 5.94. The largest absolute Gasteiger partial charge is 0.493 e. The molecule has 1 unspecified atom stereocenters. The van der Waals surface area contributed by atoms with E-state index < -0.39 is 0 Å². The number of nitrogens with zero attached hydrogens (tertiary/aromatic N) is 1. The molecule has 1 rings (SSSR count). The normalized spacial score (nSPS) is 11.8. The van der Waals surface area contributed by atoms with Crippen LogP contribution < -0.4 is 25.4 Å². The fraction of sp³-hybridized carbons (Fsp3) is 0.579. The summed E-state index contributed by atoms with van der Waals surface area (Å²) in [6.07, 6.45) is 1.33. The summed E-state index contributed by atoms with van der Waals surface area (Å²) in [6, 6.07) is 5.93. The number of nitrogens with one attached hydrogen (secondary N) is 3. The van der Waals surface area contributed by atoms with Crippen LogP contribution in [0, 0.1) is 0 Å². The zero-order chi connectivity index (χ0) is 19.4. The molecule has 0 aliphatic rings. The van der Waals surface area contributed by atoms with E-state index in [1.165, 1.54) is 0 Å². The van der Waals surface area contributed by atoms with Gasteiger partial charge in [0.25, 0.3) is 0 Å². The van der Waals surface area contributed by atoms with Gasteiger partial charge in [-0.25, -0.2) is 4.99 Å². The zero-order valence-corrected chi connectivity index (χ0v) is 19.3. The molecule has 1 amide bonds. The number of ether oxygens (including phenoxy) is 2. The molecule has 0 spiro atoms. The highest BCUT2D eigenvalue weighted by molar-refractivity contribution is 14.0. The van der Waals surface area contributed by atoms with Crippen molar-refractivity contribution in [1.82, 2.24) is 16.0 Å². The van der Waals surface area contributed by atoms with Gasteiger partial charge in [0.05, 0.1) is 20.8 Å². The molecule has 0 aliphatic carbocycles. The quantitative estimate of drug-likeness (QED) is 0.266. The Bertz CT molecular complexity index is 596. The van der Waals surface area contributed by atoms with E-state index in [1.807, 2.05) is 39.0 Å². The molecule has 27 heavy (non-hydrogen) atoms. The minimum Gasteiger partial charge on any atom is -0.493 e. The van der Waals surface area contributed by atoms with Crippen molar-refractivity contribution < 1.29 is 14.3 Å². The molecule has 0 bridgehead atoms. The molecular weight excluding hydrogens is 459 g/mol. The van der Waals surface area contributed by atoms with E-state index in [1.54, 1.807) is 14.2 Å². The standard InChI is InChI=1S/C19H32N4O3.HI/c1-6-14(3)23-18(24)10-11-21-19(20-7-2)22-13-15-8-9-16(25-4)17(12-15)26-5;/h8-9,12,14H,6-7,10-11,13H2,1-5H3,(H,23,24)(H2,20,21,22);1H. The lowest BCUT2D eigenvalue weighted by Crippen LogP contribution is -2.40. The minimum atomic E-state index is 0. The molecule has 7 nitrogen and oxygen atoms in total. The van der Waals surface area contributed by atoms with Crippen LogP contribution in [0.5, 0.6) is 11.5 Å². The molecule has 154 valence electrons. The SMILES string of the molecule is CCNC(=NCc1ccc(OC)c(OC)c1)NCCC(=O)NC(C)CC.I. The van der Waals surface area contributed by atoms with Gasteiger partial charge in [-0.05, 0) is 38.0 Å². The van der Waals surface area contributed by atoms with Gasteiger partial charge < -0.3 is 25.4 Å². The molecule has 1 aromatic rings. The van der Waals surface area contributed by atoms with Gasteiger partial charge in [-0.1, -0.05) is 13.0 Å². The van der Waals surface area contributed by atoms with Crippen LogP contribution in [0.4, 0.5) is 0 Å². The van der Waals surface area contributed by atoms with E-state index in [-0.39, 0.29) is 35.9 Å². The summed E-state index contributed by atoms with van der Waals surface area (Å²) in [4.78, 5) is 16.4. The fourth-order valence-corrected chi connectivity index (χ4v) is 2.23. The molecule has 0 fully saturated rings. The van der Waals surface area contributed by atoms with Gasteiger partial charge in [-0.15, -0.1) is 24.0 Å². The Labute approximate surface area is 179 Å². The lowest BCUT2D eigenvalue weighted by atomic mass is 10.2. The van der Waals surface area contributed by atoms with Crippen molar-refractivity contribution in [2.75, 3.05) is 27.3 Å².